The third-order valence-corrected chi connectivity index (χ3v) is 3.05. The maximum atomic E-state index is 11.7. The predicted molar refractivity (Wildman–Crippen MR) is 85.9 cm³/mol. The van der Waals surface area contributed by atoms with Crippen LogP contribution in [0.25, 0.3) is 0 Å². The molecule has 1 aromatic rings. The number of benzene rings is 1. The maximum Gasteiger partial charge on any atom is 0.221 e. The smallest absolute Gasteiger partial charge is 0.221 e. The number of carbonyl (C=O) groups is 1. The van der Waals surface area contributed by atoms with Crippen LogP contribution in [-0.4, -0.2) is 32.2 Å². The number of amides is 1. The van der Waals surface area contributed by atoms with Crippen LogP contribution < -0.4 is 15.8 Å². The fourth-order valence-corrected chi connectivity index (χ4v) is 2.10. The SMILES string of the molecule is COc1ccc(C(OC)C(C)NC(=O)CC(C)N)cc1.Cl. The van der Waals surface area contributed by atoms with E-state index in [1.807, 2.05) is 38.1 Å². The van der Waals surface area contributed by atoms with Gasteiger partial charge < -0.3 is 20.5 Å². The molecule has 0 fully saturated rings. The number of hydrogen-bond acceptors (Lipinski definition) is 4. The first-order valence-electron chi connectivity index (χ1n) is 6.69. The first-order chi connectivity index (χ1) is 9.47. The Hall–Kier alpha value is -1.30. The Kier molecular flexibility index (Phi) is 9.01. The molecule has 0 aliphatic heterocycles. The summed E-state index contributed by atoms with van der Waals surface area (Å²) in [6.45, 7) is 3.72. The Morgan fingerprint density at radius 2 is 1.81 bits per heavy atom. The van der Waals surface area contributed by atoms with E-state index in [0.29, 0.717) is 6.42 Å². The Balaban J connectivity index is 0.00000400. The molecule has 0 aliphatic rings. The molecule has 0 aliphatic carbocycles. The van der Waals surface area contributed by atoms with E-state index in [-0.39, 0.29) is 36.5 Å². The van der Waals surface area contributed by atoms with Crippen molar-refractivity contribution in [2.24, 2.45) is 5.73 Å². The third kappa shape index (κ3) is 6.33. The van der Waals surface area contributed by atoms with Crippen LogP contribution >= 0.6 is 12.4 Å². The molecular formula is C15H25ClN2O3. The molecule has 5 nitrogen and oxygen atoms in total. The topological polar surface area (TPSA) is 73.6 Å². The zero-order valence-corrected chi connectivity index (χ0v) is 13.8. The number of halogens is 1. The van der Waals surface area contributed by atoms with Gasteiger partial charge in [0.2, 0.25) is 5.91 Å². The van der Waals surface area contributed by atoms with Crippen LogP contribution in [-0.2, 0) is 9.53 Å². The quantitative estimate of drug-likeness (QED) is 0.807. The van der Waals surface area contributed by atoms with Gasteiger partial charge in [0.1, 0.15) is 11.9 Å². The first kappa shape index (κ1) is 19.7. The van der Waals surface area contributed by atoms with Gasteiger partial charge in [-0.3, -0.25) is 4.79 Å². The summed E-state index contributed by atoms with van der Waals surface area (Å²) in [6, 6.07) is 7.32. The average molecular weight is 317 g/mol. The minimum Gasteiger partial charge on any atom is -0.497 e. The molecule has 1 amide bonds. The summed E-state index contributed by atoms with van der Waals surface area (Å²) in [7, 11) is 3.25. The molecule has 120 valence electrons. The van der Waals surface area contributed by atoms with Gasteiger partial charge in [0.15, 0.2) is 0 Å². The normalized spacial score (nSPS) is 14.5. The van der Waals surface area contributed by atoms with Crippen molar-refractivity contribution in [1.29, 1.82) is 0 Å². The summed E-state index contributed by atoms with van der Waals surface area (Å²) in [5, 5.41) is 2.91. The molecule has 21 heavy (non-hydrogen) atoms. The van der Waals surface area contributed by atoms with Crippen molar-refractivity contribution in [3.63, 3.8) is 0 Å². The third-order valence-electron chi connectivity index (χ3n) is 3.05. The summed E-state index contributed by atoms with van der Waals surface area (Å²) in [5.74, 6) is 0.723. The van der Waals surface area contributed by atoms with Crippen molar-refractivity contribution < 1.29 is 14.3 Å². The summed E-state index contributed by atoms with van der Waals surface area (Å²) in [6.07, 6.45) is 0.0987. The van der Waals surface area contributed by atoms with Gasteiger partial charge in [-0.2, -0.15) is 0 Å². The predicted octanol–water partition coefficient (Wildman–Crippen LogP) is 2.05. The molecule has 0 radical (unpaired) electrons. The highest BCUT2D eigenvalue weighted by Crippen LogP contribution is 2.23. The van der Waals surface area contributed by atoms with Crippen LogP contribution in [0.3, 0.4) is 0 Å². The van der Waals surface area contributed by atoms with Gasteiger partial charge in [-0.15, -0.1) is 12.4 Å². The Bertz CT molecular complexity index is 423. The minimum atomic E-state index is -0.210. The Morgan fingerprint density at radius 1 is 1.24 bits per heavy atom. The molecule has 3 unspecified atom stereocenters. The first-order valence-corrected chi connectivity index (χ1v) is 6.69. The Labute approximate surface area is 132 Å². The highest BCUT2D eigenvalue weighted by atomic mass is 35.5. The standard InChI is InChI=1S/C15H24N2O3.ClH/c1-10(16)9-14(18)17-11(2)15(20-4)12-5-7-13(19-3)8-6-12;/h5-8,10-11,15H,9,16H2,1-4H3,(H,17,18);1H. The molecule has 0 saturated heterocycles. The maximum absolute atomic E-state index is 11.7. The number of methoxy groups -OCH3 is 2. The zero-order valence-electron chi connectivity index (χ0n) is 13.0. The van der Waals surface area contributed by atoms with E-state index in [1.54, 1.807) is 14.2 Å². The van der Waals surface area contributed by atoms with Gasteiger partial charge in [0.25, 0.3) is 0 Å². The number of hydrogen-bond donors (Lipinski definition) is 2. The van der Waals surface area contributed by atoms with E-state index in [4.69, 9.17) is 15.2 Å². The summed E-state index contributed by atoms with van der Waals surface area (Å²) < 4.78 is 10.6. The van der Waals surface area contributed by atoms with Crippen molar-refractivity contribution in [3.8, 4) is 5.75 Å². The van der Waals surface area contributed by atoms with Gasteiger partial charge in [-0.25, -0.2) is 0 Å². The molecule has 0 saturated carbocycles. The number of ether oxygens (including phenoxy) is 2. The molecular weight excluding hydrogens is 292 g/mol. The molecule has 0 aromatic heterocycles. The van der Waals surface area contributed by atoms with Gasteiger partial charge >= 0.3 is 0 Å². The zero-order chi connectivity index (χ0) is 15.1. The molecule has 0 bridgehead atoms. The van der Waals surface area contributed by atoms with Gasteiger partial charge in [0, 0.05) is 19.6 Å². The van der Waals surface area contributed by atoms with Crippen molar-refractivity contribution in [2.45, 2.75) is 38.5 Å². The minimum absolute atomic E-state index is 0. The summed E-state index contributed by atoms with van der Waals surface area (Å²) in [4.78, 5) is 11.7. The number of nitrogens with one attached hydrogen (secondary N) is 1. The van der Waals surface area contributed by atoms with Crippen LogP contribution in [0.2, 0.25) is 0 Å². The second-order valence-electron chi connectivity index (χ2n) is 4.97. The van der Waals surface area contributed by atoms with Gasteiger partial charge in [-0.05, 0) is 31.5 Å². The average Bonchev–Trinajstić information content (AvgIpc) is 2.39. The summed E-state index contributed by atoms with van der Waals surface area (Å²) >= 11 is 0. The molecule has 3 N–H and O–H groups in total. The van der Waals surface area contributed by atoms with E-state index < -0.39 is 0 Å². The van der Waals surface area contributed by atoms with Crippen LogP contribution in [0.4, 0.5) is 0 Å². The lowest BCUT2D eigenvalue weighted by Crippen LogP contribution is -2.39. The van der Waals surface area contributed by atoms with Gasteiger partial charge in [-0.1, -0.05) is 12.1 Å². The lowest BCUT2D eigenvalue weighted by atomic mass is 10.0. The summed E-state index contributed by atoms with van der Waals surface area (Å²) in [5.41, 5.74) is 6.60. The monoisotopic (exact) mass is 316 g/mol. The van der Waals surface area contributed by atoms with Crippen LogP contribution in [0, 0.1) is 0 Å². The lowest BCUT2D eigenvalue weighted by Gasteiger charge is -2.24. The number of rotatable bonds is 7. The van der Waals surface area contributed by atoms with Crippen LogP contribution in [0.15, 0.2) is 24.3 Å². The molecule has 0 spiro atoms. The van der Waals surface area contributed by atoms with Crippen molar-refractivity contribution in [2.75, 3.05) is 14.2 Å². The second-order valence-corrected chi connectivity index (χ2v) is 4.97. The van der Waals surface area contributed by atoms with E-state index in [0.717, 1.165) is 11.3 Å². The highest BCUT2D eigenvalue weighted by molar-refractivity contribution is 5.85. The molecule has 6 heteroatoms. The van der Waals surface area contributed by atoms with Crippen molar-refractivity contribution >= 4 is 18.3 Å². The van der Waals surface area contributed by atoms with Crippen LogP contribution in [0.5, 0.6) is 5.75 Å². The highest BCUT2D eigenvalue weighted by Gasteiger charge is 2.21. The van der Waals surface area contributed by atoms with Crippen molar-refractivity contribution in [1.82, 2.24) is 5.32 Å². The second kappa shape index (κ2) is 9.60. The van der Waals surface area contributed by atoms with E-state index in [9.17, 15) is 4.79 Å². The lowest BCUT2D eigenvalue weighted by molar-refractivity contribution is -0.122. The van der Waals surface area contributed by atoms with E-state index in [1.165, 1.54) is 0 Å². The van der Waals surface area contributed by atoms with Gasteiger partial charge in [0.05, 0.1) is 13.2 Å². The molecule has 1 aromatic carbocycles. The molecule has 1 rings (SSSR count). The van der Waals surface area contributed by atoms with E-state index >= 15 is 0 Å². The Morgan fingerprint density at radius 3 is 2.24 bits per heavy atom. The fourth-order valence-electron chi connectivity index (χ4n) is 2.10. The number of nitrogens with two attached hydrogens (primary N) is 1. The molecule has 0 heterocycles. The largest absolute Gasteiger partial charge is 0.497 e. The molecule has 3 atom stereocenters. The van der Waals surface area contributed by atoms with Crippen LogP contribution in [0.1, 0.15) is 31.9 Å². The fraction of sp³-hybridized carbons (Fsp3) is 0.533. The number of carbonyl (C=O) groups excluding carboxylic acids is 1. The van der Waals surface area contributed by atoms with Crippen molar-refractivity contribution in [3.05, 3.63) is 29.8 Å². The van der Waals surface area contributed by atoms with E-state index in [2.05, 4.69) is 5.32 Å².